The van der Waals surface area contributed by atoms with Crippen molar-refractivity contribution in [3.05, 3.63) is 35.9 Å². The number of carbonyl (C=O) groups is 2. The fraction of sp³-hybridized carbons (Fsp3) is 0.542. The summed E-state index contributed by atoms with van der Waals surface area (Å²) in [5.74, 6) is 2.20. The molecule has 2 fully saturated rings. The topological polar surface area (TPSA) is 92.3 Å². The Balaban J connectivity index is 1.26. The first-order valence-electron chi connectivity index (χ1n) is 11.3. The van der Waals surface area contributed by atoms with Gasteiger partial charge in [-0.05, 0) is 42.4 Å². The van der Waals surface area contributed by atoms with E-state index in [9.17, 15) is 9.59 Å². The first kappa shape index (κ1) is 22.2. The van der Waals surface area contributed by atoms with Gasteiger partial charge in [0, 0.05) is 26.7 Å². The van der Waals surface area contributed by atoms with E-state index in [0.717, 1.165) is 24.2 Å². The fourth-order valence-corrected chi connectivity index (χ4v) is 5.03. The lowest BCUT2D eigenvalue weighted by atomic mass is 9.85. The highest BCUT2D eigenvalue weighted by Crippen LogP contribution is 2.52. The van der Waals surface area contributed by atoms with Gasteiger partial charge in [0.05, 0.1) is 25.6 Å². The van der Waals surface area contributed by atoms with Crippen LogP contribution in [0.25, 0.3) is 0 Å². The number of amides is 2. The smallest absolute Gasteiger partial charge is 0.233 e. The number of fused-ring (bicyclic) bond motifs is 5. The van der Waals surface area contributed by atoms with E-state index >= 15 is 0 Å². The quantitative estimate of drug-likeness (QED) is 0.264. The number of nitrogens with zero attached hydrogens (tertiary/aromatic N) is 2. The van der Waals surface area contributed by atoms with Crippen LogP contribution < -0.4 is 20.1 Å². The minimum atomic E-state index is -0.144. The average Bonchev–Trinajstić information content (AvgIpc) is 3.49. The van der Waals surface area contributed by atoms with Crippen molar-refractivity contribution < 1.29 is 19.1 Å². The third kappa shape index (κ3) is 4.18. The van der Waals surface area contributed by atoms with Crippen molar-refractivity contribution in [3.63, 3.8) is 0 Å². The lowest BCUT2D eigenvalue weighted by Gasteiger charge is -2.19. The molecule has 3 aliphatic rings. The van der Waals surface area contributed by atoms with Crippen molar-refractivity contribution in [3.8, 4) is 11.5 Å². The minimum Gasteiger partial charge on any atom is -0.493 e. The Kier molecular flexibility index (Phi) is 6.67. The molecule has 2 amide bonds. The molecule has 2 N–H and O–H groups in total. The molecule has 8 nitrogen and oxygen atoms in total. The van der Waals surface area contributed by atoms with Gasteiger partial charge < -0.3 is 20.1 Å². The van der Waals surface area contributed by atoms with Gasteiger partial charge in [0.15, 0.2) is 17.5 Å². The lowest BCUT2D eigenvalue weighted by Crippen LogP contribution is -2.43. The zero-order valence-electron chi connectivity index (χ0n) is 19.0. The first-order chi connectivity index (χ1) is 15.6. The normalized spacial score (nSPS) is 26.0. The standard InChI is InChI=1S/C24H32N4O4/c1-4-11-32-18-8-5-15(12-19(18)31-3)14-27-24(25-2)26-9-10-28-22(29)20-16-6-7-17(13-16)21(20)23(28)30/h5-8,12,16-17,20-21H,4,9-11,13-14H2,1-3H3,(H2,25,26,27). The number of ether oxygens (including phenoxy) is 2. The van der Waals surface area contributed by atoms with Gasteiger partial charge in [0.1, 0.15) is 0 Å². The van der Waals surface area contributed by atoms with Crippen LogP contribution in [-0.4, -0.2) is 56.5 Å². The Labute approximate surface area is 189 Å². The third-order valence-corrected chi connectivity index (χ3v) is 6.56. The summed E-state index contributed by atoms with van der Waals surface area (Å²) in [5, 5.41) is 6.46. The lowest BCUT2D eigenvalue weighted by molar-refractivity contribution is -0.140. The maximum Gasteiger partial charge on any atom is 0.233 e. The van der Waals surface area contributed by atoms with Gasteiger partial charge in [0.2, 0.25) is 11.8 Å². The molecule has 2 bridgehead atoms. The van der Waals surface area contributed by atoms with Crippen LogP contribution >= 0.6 is 0 Å². The summed E-state index contributed by atoms with van der Waals surface area (Å²) in [6.07, 6.45) is 6.11. The second kappa shape index (κ2) is 9.63. The van der Waals surface area contributed by atoms with Crippen molar-refractivity contribution in [1.82, 2.24) is 15.5 Å². The monoisotopic (exact) mass is 440 g/mol. The molecule has 1 heterocycles. The molecule has 0 aromatic heterocycles. The van der Waals surface area contributed by atoms with Crippen LogP contribution in [0.5, 0.6) is 11.5 Å². The molecule has 0 radical (unpaired) electrons. The molecule has 4 unspecified atom stereocenters. The van der Waals surface area contributed by atoms with Crippen molar-refractivity contribution in [2.75, 3.05) is 33.9 Å². The molecule has 1 aliphatic heterocycles. The van der Waals surface area contributed by atoms with Gasteiger partial charge in [-0.3, -0.25) is 19.5 Å². The van der Waals surface area contributed by atoms with Crippen LogP contribution in [-0.2, 0) is 16.1 Å². The van der Waals surface area contributed by atoms with Crippen LogP contribution in [0.3, 0.4) is 0 Å². The molecular formula is C24H32N4O4. The molecule has 172 valence electrons. The van der Waals surface area contributed by atoms with E-state index in [-0.39, 0.29) is 35.5 Å². The van der Waals surface area contributed by atoms with Gasteiger partial charge in [-0.2, -0.15) is 0 Å². The predicted octanol–water partition coefficient (Wildman–Crippen LogP) is 1.96. The number of methoxy groups -OCH3 is 1. The molecule has 1 aromatic carbocycles. The number of aliphatic imine (C=N–C) groups is 1. The van der Waals surface area contributed by atoms with Gasteiger partial charge in [-0.15, -0.1) is 0 Å². The minimum absolute atomic E-state index is 0.0147. The molecule has 4 atom stereocenters. The zero-order valence-corrected chi connectivity index (χ0v) is 19.0. The maximum absolute atomic E-state index is 12.8. The number of rotatable bonds is 9. The summed E-state index contributed by atoms with van der Waals surface area (Å²) in [4.78, 5) is 31.2. The van der Waals surface area contributed by atoms with Crippen LogP contribution in [0, 0.1) is 23.7 Å². The third-order valence-electron chi connectivity index (χ3n) is 6.56. The molecule has 1 saturated carbocycles. The number of imide groups is 1. The summed E-state index contributed by atoms with van der Waals surface area (Å²) in [7, 11) is 3.32. The van der Waals surface area contributed by atoms with E-state index < -0.39 is 0 Å². The number of guanidine groups is 1. The Morgan fingerprint density at radius 2 is 1.84 bits per heavy atom. The highest BCUT2D eigenvalue weighted by atomic mass is 16.5. The number of hydrogen-bond acceptors (Lipinski definition) is 5. The molecule has 2 aliphatic carbocycles. The fourth-order valence-electron chi connectivity index (χ4n) is 5.03. The molecule has 32 heavy (non-hydrogen) atoms. The summed E-state index contributed by atoms with van der Waals surface area (Å²) >= 11 is 0. The Morgan fingerprint density at radius 1 is 1.12 bits per heavy atom. The van der Waals surface area contributed by atoms with E-state index in [4.69, 9.17) is 9.47 Å². The second-order valence-electron chi connectivity index (χ2n) is 8.51. The average molecular weight is 441 g/mol. The summed E-state index contributed by atoms with van der Waals surface area (Å²) in [6, 6.07) is 5.83. The predicted molar refractivity (Wildman–Crippen MR) is 121 cm³/mol. The number of carbonyl (C=O) groups excluding carboxylic acids is 2. The number of hydrogen-bond donors (Lipinski definition) is 2. The maximum atomic E-state index is 12.8. The number of likely N-dealkylation sites (tertiary alicyclic amines) is 1. The summed E-state index contributed by atoms with van der Waals surface area (Å²) in [5.41, 5.74) is 1.02. The van der Waals surface area contributed by atoms with Crippen LogP contribution in [0.1, 0.15) is 25.3 Å². The van der Waals surface area contributed by atoms with E-state index in [1.807, 2.05) is 18.2 Å². The van der Waals surface area contributed by atoms with Gasteiger partial charge in [0.25, 0.3) is 0 Å². The molecule has 1 saturated heterocycles. The molecule has 1 aromatic rings. The first-order valence-corrected chi connectivity index (χ1v) is 11.3. The largest absolute Gasteiger partial charge is 0.493 e. The van der Waals surface area contributed by atoms with Gasteiger partial charge in [-0.1, -0.05) is 25.1 Å². The number of nitrogens with one attached hydrogen (secondary N) is 2. The number of allylic oxidation sites excluding steroid dienone is 2. The highest BCUT2D eigenvalue weighted by molar-refractivity contribution is 6.06. The van der Waals surface area contributed by atoms with E-state index in [0.29, 0.717) is 38.0 Å². The zero-order chi connectivity index (χ0) is 22.7. The van der Waals surface area contributed by atoms with Crippen molar-refractivity contribution >= 4 is 17.8 Å². The van der Waals surface area contributed by atoms with E-state index in [1.54, 1.807) is 14.2 Å². The van der Waals surface area contributed by atoms with Crippen LogP contribution in [0.15, 0.2) is 35.3 Å². The van der Waals surface area contributed by atoms with E-state index in [1.165, 1.54) is 4.90 Å². The number of benzene rings is 1. The Morgan fingerprint density at radius 3 is 2.47 bits per heavy atom. The van der Waals surface area contributed by atoms with Crippen molar-refractivity contribution in [1.29, 1.82) is 0 Å². The summed E-state index contributed by atoms with van der Waals surface area (Å²) in [6.45, 7) is 4.05. The second-order valence-corrected chi connectivity index (χ2v) is 8.51. The summed E-state index contributed by atoms with van der Waals surface area (Å²) < 4.78 is 11.1. The van der Waals surface area contributed by atoms with Crippen LogP contribution in [0.2, 0.25) is 0 Å². The van der Waals surface area contributed by atoms with Gasteiger partial charge in [-0.25, -0.2) is 0 Å². The van der Waals surface area contributed by atoms with Crippen molar-refractivity contribution in [2.24, 2.45) is 28.7 Å². The van der Waals surface area contributed by atoms with E-state index in [2.05, 4.69) is 34.7 Å². The molecule has 0 spiro atoms. The Hall–Kier alpha value is -3.03. The van der Waals surface area contributed by atoms with Crippen LogP contribution in [0.4, 0.5) is 0 Å². The molecular weight excluding hydrogens is 408 g/mol. The Bertz CT molecular complexity index is 899. The SMILES string of the molecule is CCCOc1ccc(CNC(=NC)NCCN2C(=O)C3C4C=CC(C4)C3C2=O)cc1OC. The highest BCUT2D eigenvalue weighted by Gasteiger charge is 2.58. The molecule has 8 heteroatoms. The van der Waals surface area contributed by atoms with Gasteiger partial charge >= 0.3 is 0 Å². The molecule has 4 rings (SSSR count). The van der Waals surface area contributed by atoms with Crippen molar-refractivity contribution in [2.45, 2.75) is 26.3 Å².